The van der Waals surface area contributed by atoms with E-state index in [-0.39, 0.29) is 17.9 Å². The number of benzene rings is 2. The minimum atomic E-state index is -0.531. The molecule has 0 aliphatic rings. The Kier molecular flexibility index (Phi) is 5.16. The monoisotopic (exact) mass is 350 g/mol. The van der Waals surface area contributed by atoms with Crippen LogP contribution in [0.25, 0.3) is 10.8 Å². The summed E-state index contributed by atoms with van der Waals surface area (Å²) in [6, 6.07) is 15.0. The van der Waals surface area contributed by atoms with Gasteiger partial charge in [0.05, 0.1) is 5.39 Å². The minimum absolute atomic E-state index is 0.165. The number of aryl methyl sites for hydroxylation is 1. The topological polar surface area (TPSA) is 61.2 Å². The minimum Gasteiger partial charge on any atom is -0.456 e. The summed E-state index contributed by atoms with van der Waals surface area (Å²) in [6.45, 7) is 6.64. The second-order valence-corrected chi connectivity index (χ2v) is 6.49. The van der Waals surface area contributed by atoms with Gasteiger partial charge >= 0.3 is 5.97 Å². The molecule has 0 amide bonds. The first-order valence-corrected chi connectivity index (χ1v) is 8.77. The van der Waals surface area contributed by atoms with Crippen LogP contribution in [-0.4, -0.2) is 15.7 Å². The van der Waals surface area contributed by atoms with Gasteiger partial charge in [0.2, 0.25) is 0 Å². The van der Waals surface area contributed by atoms with Gasteiger partial charge in [-0.1, -0.05) is 56.3 Å². The molecule has 0 atom stereocenters. The SMILES string of the molecule is CCn1nc(C(=O)OCc2ccc(C(C)C)cc2)c2ccccc2c1=O. The van der Waals surface area contributed by atoms with Crippen LogP contribution in [0.1, 0.15) is 48.3 Å². The molecule has 0 N–H and O–H groups in total. The number of nitrogens with zero attached hydrogens (tertiary/aromatic N) is 2. The van der Waals surface area contributed by atoms with E-state index in [2.05, 4.69) is 18.9 Å². The molecule has 3 aromatic rings. The number of hydrogen-bond donors (Lipinski definition) is 0. The molecule has 1 heterocycles. The van der Waals surface area contributed by atoms with Gasteiger partial charge in [0.1, 0.15) is 6.61 Å². The first-order chi connectivity index (χ1) is 12.5. The van der Waals surface area contributed by atoms with Crippen LogP contribution in [0.2, 0.25) is 0 Å². The predicted molar refractivity (Wildman–Crippen MR) is 101 cm³/mol. The number of carbonyl (C=O) groups is 1. The Morgan fingerprint density at radius 3 is 2.35 bits per heavy atom. The van der Waals surface area contributed by atoms with E-state index in [4.69, 9.17) is 4.74 Å². The molecule has 3 rings (SSSR count). The molecule has 0 saturated carbocycles. The third kappa shape index (κ3) is 3.52. The highest BCUT2D eigenvalue weighted by molar-refractivity contribution is 6.02. The molecule has 5 heteroatoms. The normalized spacial score (nSPS) is 11.1. The smallest absolute Gasteiger partial charge is 0.359 e. The summed E-state index contributed by atoms with van der Waals surface area (Å²) < 4.78 is 6.73. The standard InChI is InChI=1S/C21H22N2O3/c1-4-23-20(24)18-8-6-5-7-17(18)19(22-23)21(25)26-13-15-9-11-16(12-10-15)14(2)3/h5-12,14H,4,13H2,1-3H3. The molecular weight excluding hydrogens is 328 g/mol. The van der Waals surface area contributed by atoms with Crippen molar-refractivity contribution in [2.75, 3.05) is 0 Å². The fourth-order valence-electron chi connectivity index (χ4n) is 2.82. The molecule has 5 nitrogen and oxygen atoms in total. The van der Waals surface area contributed by atoms with E-state index in [0.717, 1.165) is 5.56 Å². The lowest BCUT2D eigenvalue weighted by Crippen LogP contribution is -2.25. The number of rotatable bonds is 5. The quantitative estimate of drug-likeness (QED) is 0.655. The average molecular weight is 350 g/mol. The van der Waals surface area contributed by atoms with Crippen molar-refractivity contribution in [2.24, 2.45) is 0 Å². The van der Waals surface area contributed by atoms with Gasteiger partial charge in [-0.25, -0.2) is 9.48 Å². The van der Waals surface area contributed by atoms with Gasteiger partial charge in [0, 0.05) is 11.9 Å². The van der Waals surface area contributed by atoms with Gasteiger partial charge in [0.15, 0.2) is 5.69 Å². The zero-order valence-corrected chi connectivity index (χ0v) is 15.2. The summed E-state index contributed by atoms with van der Waals surface area (Å²) in [4.78, 5) is 24.9. The van der Waals surface area contributed by atoms with Gasteiger partial charge in [-0.05, 0) is 30.0 Å². The Bertz CT molecular complexity index is 988. The van der Waals surface area contributed by atoms with Crippen LogP contribution in [0.15, 0.2) is 53.3 Å². The van der Waals surface area contributed by atoms with E-state index in [1.165, 1.54) is 10.2 Å². The van der Waals surface area contributed by atoms with Crippen molar-refractivity contribution in [1.29, 1.82) is 0 Å². The molecule has 1 aromatic heterocycles. The number of fused-ring (bicyclic) bond motifs is 1. The molecule has 134 valence electrons. The first kappa shape index (κ1) is 17.9. The summed E-state index contributed by atoms with van der Waals surface area (Å²) in [5.74, 6) is -0.0754. The Morgan fingerprint density at radius 2 is 1.73 bits per heavy atom. The molecule has 0 bridgehead atoms. The van der Waals surface area contributed by atoms with E-state index >= 15 is 0 Å². The number of esters is 1. The van der Waals surface area contributed by atoms with Crippen LogP contribution in [0.5, 0.6) is 0 Å². The second kappa shape index (κ2) is 7.52. The molecule has 0 saturated heterocycles. The van der Waals surface area contributed by atoms with Gasteiger partial charge in [0.25, 0.3) is 5.56 Å². The molecule has 0 radical (unpaired) electrons. The van der Waals surface area contributed by atoms with E-state index in [9.17, 15) is 9.59 Å². The van der Waals surface area contributed by atoms with Gasteiger partial charge < -0.3 is 4.74 Å². The Hall–Kier alpha value is -2.95. The van der Waals surface area contributed by atoms with Crippen molar-refractivity contribution >= 4 is 16.7 Å². The third-order valence-corrected chi connectivity index (χ3v) is 4.38. The van der Waals surface area contributed by atoms with Crippen LogP contribution < -0.4 is 5.56 Å². The van der Waals surface area contributed by atoms with Gasteiger partial charge in [-0.2, -0.15) is 5.10 Å². The Balaban J connectivity index is 1.86. The summed E-state index contributed by atoms with van der Waals surface area (Å²) in [5, 5.41) is 5.18. The molecule has 0 aliphatic carbocycles. The number of hydrogen-bond acceptors (Lipinski definition) is 4. The zero-order chi connectivity index (χ0) is 18.7. The maximum Gasteiger partial charge on any atom is 0.359 e. The van der Waals surface area contributed by atoms with Crippen molar-refractivity contribution in [3.8, 4) is 0 Å². The number of aromatic nitrogens is 2. The summed E-state index contributed by atoms with van der Waals surface area (Å²) in [7, 11) is 0. The van der Waals surface area contributed by atoms with Crippen LogP contribution in [0.3, 0.4) is 0 Å². The molecule has 0 fully saturated rings. The lowest BCUT2D eigenvalue weighted by molar-refractivity contribution is 0.0465. The van der Waals surface area contributed by atoms with E-state index in [1.54, 1.807) is 24.3 Å². The molecule has 0 unspecified atom stereocenters. The Morgan fingerprint density at radius 1 is 1.08 bits per heavy atom. The Labute approximate surface area is 152 Å². The van der Waals surface area contributed by atoms with Crippen molar-refractivity contribution < 1.29 is 9.53 Å². The molecule has 0 aliphatic heterocycles. The fraction of sp³-hybridized carbons (Fsp3) is 0.286. The van der Waals surface area contributed by atoms with Gasteiger partial charge in [-0.15, -0.1) is 0 Å². The summed E-state index contributed by atoms with van der Waals surface area (Å²) in [6.07, 6.45) is 0. The maximum atomic E-state index is 12.6. The average Bonchev–Trinajstić information content (AvgIpc) is 2.67. The van der Waals surface area contributed by atoms with Crippen LogP contribution in [0.4, 0.5) is 0 Å². The highest BCUT2D eigenvalue weighted by Crippen LogP contribution is 2.17. The lowest BCUT2D eigenvalue weighted by atomic mass is 10.0. The van der Waals surface area contributed by atoms with E-state index in [0.29, 0.717) is 23.2 Å². The van der Waals surface area contributed by atoms with E-state index in [1.807, 2.05) is 31.2 Å². The zero-order valence-electron chi connectivity index (χ0n) is 15.2. The summed E-state index contributed by atoms with van der Waals surface area (Å²) in [5.41, 5.74) is 2.11. The largest absolute Gasteiger partial charge is 0.456 e. The van der Waals surface area contributed by atoms with Crippen molar-refractivity contribution in [3.63, 3.8) is 0 Å². The van der Waals surface area contributed by atoms with Gasteiger partial charge in [-0.3, -0.25) is 4.79 Å². The maximum absolute atomic E-state index is 12.6. The van der Waals surface area contributed by atoms with Crippen LogP contribution >= 0.6 is 0 Å². The lowest BCUT2D eigenvalue weighted by Gasteiger charge is -2.10. The highest BCUT2D eigenvalue weighted by atomic mass is 16.5. The molecule has 2 aromatic carbocycles. The molecular formula is C21H22N2O3. The second-order valence-electron chi connectivity index (χ2n) is 6.49. The third-order valence-electron chi connectivity index (χ3n) is 4.38. The van der Waals surface area contributed by atoms with Crippen molar-refractivity contribution in [2.45, 2.75) is 39.8 Å². The first-order valence-electron chi connectivity index (χ1n) is 8.77. The van der Waals surface area contributed by atoms with E-state index < -0.39 is 5.97 Å². The molecule has 0 spiro atoms. The summed E-state index contributed by atoms with van der Waals surface area (Å²) >= 11 is 0. The predicted octanol–water partition coefficient (Wildman–Crippen LogP) is 3.90. The highest BCUT2D eigenvalue weighted by Gasteiger charge is 2.17. The van der Waals surface area contributed by atoms with Crippen LogP contribution in [-0.2, 0) is 17.9 Å². The fourth-order valence-corrected chi connectivity index (χ4v) is 2.82. The van der Waals surface area contributed by atoms with Crippen LogP contribution in [0, 0.1) is 0 Å². The van der Waals surface area contributed by atoms with Crippen molar-refractivity contribution in [1.82, 2.24) is 9.78 Å². The molecule has 26 heavy (non-hydrogen) atoms. The number of carbonyl (C=O) groups excluding carboxylic acids is 1. The van der Waals surface area contributed by atoms with Crippen molar-refractivity contribution in [3.05, 3.63) is 75.7 Å². The number of ether oxygens (including phenoxy) is 1.